The molecule has 15 heavy (non-hydrogen) atoms. The molecule has 0 spiro atoms. The van der Waals surface area contributed by atoms with Crippen LogP contribution in [0.5, 0.6) is 0 Å². The number of ether oxygens (including phenoxy) is 1. The fourth-order valence-corrected chi connectivity index (χ4v) is 1.95. The number of carbonyl (C=O) groups is 2. The Kier molecular flexibility index (Phi) is 3.79. The summed E-state index contributed by atoms with van der Waals surface area (Å²) in [6.45, 7) is 3.16. The van der Waals surface area contributed by atoms with Crippen molar-refractivity contribution < 1.29 is 19.4 Å². The average Bonchev–Trinajstić information content (AvgIpc) is 2.62. The number of thiazole rings is 1. The van der Waals surface area contributed by atoms with E-state index in [2.05, 4.69) is 4.98 Å². The molecule has 82 valence electrons. The summed E-state index contributed by atoms with van der Waals surface area (Å²) in [5.41, 5.74) is -0.0133. The van der Waals surface area contributed by atoms with Gasteiger partial charge in [0.05, 0.1) is 0 Å². The van der Waals surface area contributed by atoms with Crippen LogP contribution in [0.25, 0.3) is 0 Å². The largest absolute Gasteiger partial charge is 0.476 e. The van der Waals surface area contributed by atoms with Gasteiger partial charge in [0.1, 0.15) is 5.01 Å². The minimum absolute atomic E-state index is 0.0133. The molecule has 0 bridgehead atoms. The minimum Gasteiger partial charge on any atom is -0.476 e. The highest BCUT2D eigenvalue weighted by Gasteiger charge is 2.18. The van der Waals surface area contributed by atoms with Crippen molar-refractivity contribution in [3.05, 3.63) is 16.1 Å². The van der Waals surface area contributed by atoms with Gasteiger partial charge in [0.2, 0.25) is 0 Å². The van der Waals surface area contributed by atoms with Crippen LogP contribution in [0.4, 0.5) is 0 Å². The van der Waals surface area contributed by atoms with Gasteiger partial charge < -0.3 is 9.84 Å². The van der Waals surface area contributed by atoms with Crippen LogP contribution in [0.1, 0.15) is 41.9 Å². The number of carboxylic acids is 1. The van der Waals surface area contributed by atoms with Crippen LogP contribution in [-0.4, -0.2) is 22.0 Å². The molecule has 0 aromatic carbocycles. The van der Waals surface area contributed by atoms with Gasteiger partial charge in [-0.3, -0.25) is 4.79 Å². The maximum absolute atomic E-state index is 10.8. The van der Waals surface area contributed by atoms with E-state index in [4.69, 9.17) is 9.84 Å². The second kappa shape index (κ2) is 4.88. The van der Waals surface area contributed by atoms with E-state index in [1.54, 1.807) is 0 Å². The second-order valence-corrected chi connectivity index (χ2v) is 3.77. The van der Waals surface area contributed by atoms with E-state index >= 15 is 0 Å². The van der Waals surface area contributed by atoms with Crippen molar-refractivity contribution >= 4 is 23.3 Å². The zero-order valence-electron chi connectivity index (χ0n) is 8.39. The third-order valence-corrected chi connectivity index (χ3v) is 2.63. The topological polar surface area (TPSA) is 76.5 Å². The lowest BCUT2D eigenvalue weighted by Gasteiger charge is -2.11. The molecule has 0 fully saturated rings. The number of carbonyl (C=O) groups excluding carboxylic acids is 1. The summed E-state index contributed by atoms with van der Waals surface area (Å²) in [5, 5.41) is 10.6. The lowest BCUT2D eigenvalue weighted by molar-refractivity contribution is -0.146. The SMILES string of the molecule is CCC(OC(C)=O)c1nc(C(=O)O)cs1. The normalized spacial score (nSPS) is 12.1. The molecule has 1 N–H and O–H groups in total. The molecule has 1 aromatic heterocycles. The van der Waals surface area contributed by atoms with Crippen LogP contribution in [-0.2, 0) is 9.53 Å². The summed E-state index contributed by atoms with van der Waals surface area (Å²) in [6.07, 6.45) is 0.132. The number of esters is 1. The number of aromatic carboxylic acids is 1. The number of aromatic nitrogens is 1. The lowest BCUT2D eigenvalue weighted by atomic mass is 10.3. The summed E-state index contributed by atoms with van der Waals surface area (Å²) in [5.74, 6) is -1.47. The van der Waals surface area contributed by atoms with Gasteiger partial charge in [-0.1, -0.05) is 6.92 Å². The summed E-state index contributed by atoms with van der Waals surface area (Å²) in [4.78, 5) is 25.2. The molecule has 5 nitrogen and oxygen atoms in total. The van der Waals surface area contributed by atoms with Crippen molar-refractivity contribution in [1.29, 1.82) is 0 Å². The maximum atomic E-state index is 10.8. The Morgan fingerprint density at radius 1 is 1.67 bits per heavy atom. The predicted octanol–water partition coefficient (Wildman–Crippen LogP) is 1.86. The van der Waals surface area contributed by atoms with Crippen molar-refractivity contribution in [1.82, 2.24) is 4.98 Å². The molecule has 1 rings (SSSR count). The van der Waals surface area contributed by atoms with Gasteiger partial charge in [-0.15, -0.1) is 11.3 Å². The number of carboxylic acid groups (broad SMARTS) is 1. The number of nitrogens with zero attached hydrogens (tertiary/aromatic N) is 1. The number of hydrogen-bond donors (Lipinski definition) is 1. The van der Waals surface area contributed by atoms with Crippen molar-refractivity contribution in [2.75, 3.05) is 0 Å². The van der Waals surface area contributed by atoms with Gasteiger partial charge in [-0.25, -0.2) is 9.78 Å². The Balaban J connectivity index is 2.83. The lowest BCUT2D eigenvalue weighted by Crippen LogP contribution is -2.08. The van der Waals surface area contributed by atoms with Gasteiger partial charge in [0, 0.05) is 12.3 Å². The highest BCUT2D eigenvalue weighted by atomic mass is 32.1. The van der Waals surface area contributed by atoms with E-state index in [9.17, 15) is 9.59 Å². The molecule has 0 aliphatic rings. The second-order valence-electron chi connectivity index (χ2n) is 2.88. The fourth-order valence-electron chi connectivity index (χ4n) is 1.04. The molecule has 1 aromatic rings. The molecule has 0 saturated carbocycles. The van der Waals surface area contributed by atoms with E-state index in [-0.39, 0.29) is 5.69 Å². The molecule has 0 saturated heterocycles. The number of rotatable bonds is 4. The minimum atomic E-state index is -1.07. The molecular formula is C9H11NO4S. The first-order chi connectivity index (χ1) is 7.04. The summed E-state index contributed by atoms with van der Waals surface area (Å²) >= 11 is 1.18. The van der Waals surface area contributed by atoms with E-state index < -0.39 is 18.0 Å². The van der Waals surface area contributed by atoms with Gasteiger partial charge in [-0.2, -0.15) is 0 Å². The highest BCUT2D eigenvalue weighted by molar-refractivity contribution is 7.09. The van der Waals surface area contributed by atoms with Crippen molar-refractivity contribution in [3.8, 4) is 0 Å². The molecular weight excluding hydrogens is 218 g/mol. The first-order valence-corrected chi connectivity index (χ1v) is 5.28. The Labute approximate surface area is 90.7 Å². The van der Waals surface area contributed by atoms with Gasteiger partial charge in [0.15, 0.2) is 11.8 Å². The maximum Gasteiger partial charge on any atom is 0.355 e. The van der Waals surface area contributed by atoms with E-state index in [1.165, 1.54) is 23.6 Å². The van der Waals surface area contributed by atoms with E-state index in [0.717, 1.165) is 0 Å². The average molecular weight is 229 g/mol. The van der Waals surface area contributed by atoms with Crippen LogP contribution in [0.3, 0.4) is 0 Å². The molecule has 0 radical (unpaired) electrons. The molecule has 1 unspecified atom stereocenters. The van der Waals surface area contributed by atoms with Crippen LogP contribution in [0.15, 0.2) is 5.38 Å². The zero-order chi connectivity index (χ0) is 11.4. The Morgan fingerprint density at radius 3 is 2.73 bits per heavy atom. The molecule has 1 heterocycles. The Bertz CT molecular complexity index is 374. The van der Waals surface area contributed by atoms with Crippen molar-refractivity contribution in [3.63, 3.8) is 0 Å². The smallest absolute Gasteiger partial charge is 0.355 e. The number of hydrogen-bond acceptors (Lipinski definition) is 5. The quantitative estimate of drug-likeness (QED) is 0.797. The van der Waals surface area contributed by atoms with Crippen LogP contribution < -0.4 is 0 Å². The van der Waals surface area contributed by atoms with Crippen LogP contribution in [0.2, 0.25) is 0 Å². The van der Waals surface area contributed by atoms with Crippen molar-refractivity contribution in [2.45, 2.75) is 26.4 Å². The summed E-state index contributed by atoms with van der Waals surface area (Å²) < 4.78 is 4.99. The third-order valence-electron chi connectivity index (χ3n) is 1.70. The molecule has 6 heteroatoms. The summed E-state index contributed by atoms with van der Waals surface area (Å²) in [7, 11) is 0. The third kappa shape index (κ3) is 3.02. The summed E-state index contributed by atoms with van der Waals surface area (Å²) in [6, 6.07) is 0. The zero-order valence-corrected chi connectivity index (χ0v) is 9.21. The van der Waals surface area contributed by atoms with E-state index in [1.807, 2.05) is 6.92 Å². The Hall–Kier alpha value is -1.43. The molecule has 0 amide bonds. The van der Waals surface area contributed by atoms with Gasteiger partial charge >= 0.3 is 11.9 Å². The standard InChI is InChI=1S/C9H11NO4S/c1-3-7(14-5(2)11)8-10-6(4-15-8)9(12)13/h4,7H,3H2,1-2H3,(H,12,13). The molecule has 1 atom stereocenters. The monoisotopic (exact) mass is 229 g/mol. The highest BCUT2D eigenvalue weighted by Crippen LogP contribution is 2.24. The fraction of sp³-hybridized carbons (Fsp3) is 0.444. The first kappa shape index (κ1) is 11.6. The van der Waals surface area contributed by atoms with E-state index in [0.29, 0.717) is 11.4 Å². The first-order valence-electron chi connectivity index (χ1n) is 4.40. The Morgan fingerprint density at radius 2 is 2.33 bits per heavy atom. The van der Waals surface area contributed by atoms with Gasteiger partial charge in [0.25, 0.3) is 0 Å². The van der Waals surface area contributed by atoms with Crippen LogP contribution >= 0.6 is 11.3 Å². The molecule has 0 aliphatic heterocycles. The molecule has 0 aliphatic carbocycles. The predicted molar refractivity (Wildman–Crippen MR) is 53.9 cm³/mol. The van der Waals surface area contributed by atoms with Crippen LogP contribution in [0, 0.1) is 0 Å². The van der Waals surface area contributed by atoms with Crippen molar-refractivity contribution in [2.24, 2.45) is 0 Å². The van der Waals surface area contributed by atoms with Gasteiger partial charge in [-0.05, 0) is 6.42 Å².